The average Bonchev–Trinajstić information content (AvgIpc) is 2.55. The molecule has 1 unspecified atom stereocenters. The fourth-order valence-electron chi connectivity index (χ4n) is 3.00. The summed E-state index contributed by atoms with van der Waals surface area (Å²) >= 11 is 0. The summed E-state index contributed by atoms with van der Waals surface area (Å²) in [6.07, 6.45) is 1.51. The Labute approximate surface area is 144 Å². The zero-order valence-electron chi connectivity index (χ0n) is 14.5. The summed E-state index contributed by atoms with van der Waals surface area (Å²) in [6, 6.07) is 4.73. The normalized spacial score (nSPS) is 18.3. The van der Waals surface area contributed by atoms with Crippen molar-refractivity contribution in [2.24, 2.45) is 11.7 Å². The van der Waals surface area contributed by atoms with E-state index >= 15 is 0 Å². The van der Waals surface area contributed by atoms with Crippen LogP contribution in [0.3, 0.4) is 0 Å². The average molecular weight is 354 g/mol. The Morgan fingerprint density at radius 2 is 2.00 bits per heavy atom. The lowest BCUT2D eigenvalue weighted by atomic mass is 9.92. The van der Waals surface area contributed by atoms with Gasteiger partial charge in [-0.3, -0.25) is 0 Å². The molecule has 1 atom stereocenters. The molecule has 1 aliphatic rings. The van der Waals surface area contributed by atoms with Crippen LogP contribution in [0.5, 0.6) is 0 Å². The van der Waals surface area contributed by atoms with E-state index in [0.29, 0.717) is 24.6 Å². The molecule has 24 heavy (non-hydrogen) atoms. The van der Waals surface area contributed by atoms with Gasteiger partial charge in [-0.05, 0) is 57.2 Å². The number of ether oxygens (including phenoxy) is 1. The van der Waals surface area contributed by atoms with Gasteiger partial charge in [0, 0.05) is 19.1 Å². The predicted octanol–water partition coefficient (Wildman–Crippen LogP) is 1.92. The van der Waals surface area contributed by atoms with E-state index in [1.807, 2.05) is 6.92 Å². The van der Waals surface area contributed by atoms with Gasteiger partial charge in [0.15, 0.2) is 0 Å². The zero-order valence-corrected chi connectivity index (χ0v) is 15.3. The molecule has 2 N–H and O–H groups in total. The number of nitrogens with zero attached hydrogens (tertiary/aromatic N) is 1. The van der Waals surface area contributed by atoms with Crippen LogP contribution in [-0.4, -0.2) is 44.4 Å². The Morgan fingerprint density at radius 3 is 2.54 bits per heavy atom. The minimum atomic E-state index is -3.63. The highest BCUT2D eigenvalue weighted by molar-refractivity contribution is 7.89. The van der Waals surface area contributed by atoms with Crippen molar-refractivity contribution in [1.82, 2.24) is 4.31 Å². The van der Waals surface area contributed by atoms with Crippen LogP contribution in [0.2, 0.25) is 0 Å². The quantitative estimate of drug-likeness (QED) is 0.816. The molecule has 1 aliphatic heterocycles. The van der Waals surface area contributed by atoms with Crippen molar-refractivity contribution in [2.75, 3.05) is 19.7 Å². The van der Waals surface area contributed by atoms with Crippen molar-refractivity contribution in [2.45, 2.75) is 44.6 Å². The molecule has 1 aromatic carbocycles. The number of hydrogen-bond donors (Lipinski definition) is 1. The van der Waals surface area contributed by atoms with Crippen molar-refractivity contribution < 1.29 is 17.9 Å². The third kappa shape index (κ3) is 3.96. The number of carbonyl (C=O) groups excluding carboxylic acids is 1. The first-order chi connectivity index (χ1) is 11.3. The van der Waals surface area contributed by atoms with Gasteiger partial charge < -0.3 is 10.5 Å². The summed E-state index contributed by atoms with van der Waals surface area (Å²) in [5.74, 6) is -0.159. The Hall–Kier alpha value is -1.44. The van der Waals surface area contributed by atoms with E-state index in [-0.39, 0.29) is 23.1 Å². The van der Waals surface area contributed by atoms with Crippen molar-refractivity contribution in [3.05, 3.63) is 29.3 Å². The molecule has 0 radical (unpaired) electrons. The van der Waals surface area contributed by atoms with E-state index in [9.17, 15) is 13.2 Å². The second-order valence-electron chi connectivity index (χ2n) is 6.30. The van der Waals surface area contributed by atoms with Crippen LogP contribution in [-0.2, 0) is 14.8 Å². The molecule has 1 aromatic rings. The van der Waals surface area contributed by atoms with Gasteiger partial charge in [0.25, 0.3) is 0 Å². The Morgan fingerprint density at radius 1 is 1.38 bits per heavy atom. The SMILES string of the molecule is CCOC(=O)c1ccc(C)c(S(=O)(=O)N2CCC(C(C)N)CC2)c1. The third-order valence-electron chi connectivity index (χ3n) is 4.56. The van der Waals surface area contributed by atoms with Crippen molar-refractivity contribution in [1.29, 1.82) is 0 Å². The van der Waals surface area contributed by atoms with Gasteiger partial charge in [-0.2, -0.15) is 4.31 Å². The van der Waals surface area contributed by atoms with Crippen molar-refractivity contribution >= 4 is 16.0 Å². The summed E-state index contributed by atoms with van der Waals surface area (Å²) in [5, 5.41) is 0. The summed E-state index contributed by atoms with van der Waals surface area (Å²) in [7, 11) is -3.63. The number of piperidine rings is 1. The van der Waals surface area contributed by atoms with Crippen molar-refractivity contribution in [3.8, 4) is 0 Å². The fourth-order valence-corrected chi connectivity index (χ4v) is 4.72. The fraction of sp³-hybridized carbons (Fsp3) is 0.588. The van der Waals surface area contributed by atoms with Crippen LogP contribution in [0, 0.1) is 12.8 Å². The number of aryl methyl sites for hydroxylation is 1. The molecule has 0 bridgehead atoms. The first-order valence-corrected chi connectivity index (χ1v) is 9.75. The van der Waals surface area contributed by atoms with Gasteiger partial charge in [0.05, 0.1) is 17.1 Å². The first kappa shape index (κ1) is 18.9. The molecule has 134 valence electrons. The maximum absolute atomic E-state index is 13.0. The number of carbonyl (C=O) groups is 1. The van der Waals surface area contributed by atoms with Crippen molar-refractivity contribution in [3.63, 3.8) is 0 Å². The lowest BCUT2D eigenvalue weighted by Gasteiger charge is -2.33. The molecule has 6 nitrogen and oxygen atoms in total. The van der Waals surface area contributed by atoms with E-state index in [4.69, 9.17) is 10.5 Å². The van der Waals surface area contributed by atoms with E-state index in [2.05, 4.69) is 0 Å². The van der Waals surface area contributed by atoms with Crippen LogP contribution >= 0.6 is 0 Å². The Kier molecular flexibility index (Phi) is 6.01. The molecule has 0 amide bonds. The minimum Gasteiger partial charge on any atom is -0.462 e. The van der Waals surface area contributed by atoms with Gasteiger partial charge in [-0.25, -0.2) is 13.2 Å². The van der Waals surface area contributed by atoms with Gasteiger partial charge in [-0.1, -0.05) is 6.07 Å². The summed E-state index contributed by atoms with van der Waals surface area (Å²) in [6.45, 7) is 6.57. The molecule has 1 fully saturated rings. The molecule has 0 aliphatic carbocycles. The maximum atomic E-state index is 13.0. The monoisotopic (exact) mass is 354 g/mol. The number of hydrogen-bond acceptors (Lipinski definition) is 5. The van der Waals surface area contributed by atoms with Crippen LogP contribution < -0.4 is 5.73 Å². The van der Waals surface area contributed by atoms with E-state index in [0.717, 1.165) is 12.8 Å². The third-order valence-corrected chi connectivity index (χ3v) is 6.60. The lowest BCUT2D eigenvalue weighted by molar-refractivity contribution is 0.0526. The molecule has 0 saturated carbocycles. The number of esters is 1. The Balaban J connectivity index is 2.26. The molecule has 0 spiro atoms. The maximum Gasteiger partial charge on any atom is 0.338 e. The zero-order chi connectivity index (χ0) is 17.9. The molecule has 2 rings (SSSR count). The number of sulfonamides is 1. The minimum absolute atomic E-state index is 0.0729. The molecular weight excluding hydrogens is 328 g/mol. The highest BCUT2D eigenvalue weighted by atomic mass is 32.2. The molecular formula is C17H26N2O4S. The molecule has 7 heteroatoms. The first-order valence-electron chi connectivity index (χ1n) is 8.31. The molecule has 1 heterocycles. The van der Waals surface area contributed by atoms with E-state index in [1.165, 1.54) is 10.4 Å². The summed E-state index contributed by atoms with van der Waals surface area (Å²) in [5.41, 5.74) is 6.80. The number of benzene rings is 1. The smallest absolute Gasteiger partial charge is 0.338 e. The lowest BCUT2D eigenvalue weighted by Crippen LogP contribution is -2.42. The highest BCUT2D eigenvalue weighted by Gasteiger charge is 2.31. The van der Waals surface area contributed by atoms with E-state index in [1.54, 1.807) is 26.0 Å². The van der Waals surface area contributed by atoms with E-state index < -0.39 is 16.0 Å². The summed E-state index contributed by atoms with van der Waals surface area (Å²) in [4.78, 5) is 12.1. The standard InChI is InChI=1S/C17H26N2O4S/c1-4-23-17(20)15-6-5-12(2)16(11-15)24(21,22)19-9-7-14(8-10-19)13(3)18/h5-6,11,13-14H,4,7-10,18H2,1-3H3. The largest absolute Gasteiger partial charge is 0.462 e. The number of nitrogens with two attached hydrogens (primary N) is 1. The number of rotatable bonds is 5. The van der Waals surface area contributed by atoms with Crippen LogP contribution in [0.1, 0.15) is 42.6 Å². The van der Waals surface area contributed by atoms with Gasteiger partial charge in [-0.15, -0.1) is 0 Å². The van der Waals surface area contributed by atoms with Crippen LogP contribution in [0.4, 0.5) is 0 Å². The van der Waals surface area contributed by atoms with Gasteiger partial charge in [0.1, 0.15) is 0 Å². The van der Waals surface area contributed by atoms with Gasteiger partial charge >= 0.3 is 5.97 Å². The Bertz CT molecular complexity index is 693. The molecule has 0 aromatic heterocycles. The second kappa shape index (κ2) is 7.63. The molecule has 1 saturated heterocycles. The highest BCUT2D eigenvalue weighted by Crippen LogP contribution is 2.27. The second-order valence-corrected chi connectivity index (χ2v) is 8.21. The van der Waals surface area contributed by atoms with Crippen LogP contribution in [0.15, 0.2) is 23.1 Å². The summed E-state index contributed by atoms with van der Waals surface area (Å²) < 4.78 is 32.4. The van der Waals surface area contributed by atoms with Gasteiger partial charge in [0.2, 0.25) is 10.0 Å². The predicted molar refractivity (Wildman–Crippen MR) is 92.3 cm³/mol. The topological polar surface area (TPSA) is 89.7 Å². The van der Waals surface area contributed by atoms with Crippen LogP contribution in [0.25, 0.3) is 0 Å².